The number of carbonyl (C=O) groups excluding carboxylic acids is 1. The Kier molecular flexibility index (Phi) is 6.28. The topological polar surface area (TPSA) is 32.8 Å². The van der Waals surface area contributed by atoms with Crippen molar-refractivity contribution in [3.8, 4) is 0 Å². The molecule has 0 unspecified atom stereocenters. The first kappa shape index (κ1) is 20.6. The van der Waals surface area contributed by atoms with Gasteiger partial charge in [-0.05, 0) is 17.7 Å². The molecule has 0 aliphatic carbocycles. The third-order valence-electron chi connectivity index (χ3n) is 3.76. The van der Waals surface area contributed by atoms with Crippen molar-refractivity contribution in [1.82, 2.24) is 9.80 Å². The van der Waals surface area contributed by atoms with Gasteiger partial charge in [0, 0.05) is 37.7 Å². The molecule has 0 radical (unpaired) electrons. The molecule has 1 aliphatic rings. The van der Waals surface area contributed by atoms with E-state index in [1.807, 2.05) is 4.90 Å². The number of amides is 1. The van der Waals surface area contributed by atoms with Gasteiger partial charge >= 0.3 is 18.4 Å². The number of benzene rings is 1. The number of nitrogens with zero attached hydrogens (tertiary/aromatic N) is 2. The highest BCUT2D eigenvalue weighted by Gasteiger charge is 2.60. The number of rotatable bonds is 3. The third-order valence-corrected chi connectivity index (χ3v) is 4.02. The maximum absolute atomic E-state index is 12.4. The van der Waals surface area contributed by atoms with Crippen molar-refractivity contribution < 1.29 is 35.9 Å². The molecule has 1 saturated heterocycles. The molecule has 0 aromatic heterocycles. The van der Waals surface area contributed by atoms with E-state index in [1.165, 1.54) is 0 Å². The van der Waals surface area contributed by atoms with Crippen molar-refractivity contribution in [3.05, 3.63) is 34.9 Å². The highest BCUT2D eigenvalue weighted by Crippen LogP contribution is 2.36. The Morgan fingerprint density at radius 1 is 1.00 bits per heavy atom. The average Bonchev–Trinajstić information content (AvgIpc) is 2.53. The van der Waals surface area contributed by atoms with Gasteiger partial charge in [0.05, 0.1) is 0 Å². The summed E-state index contributed by atoms with van der Waals surface area (Å²) in [7, 11) is 0. The standard InChI is InChI=1S/C15H15ClF6N2O2/c16-11-3-1-10(2-4-11)9-23-5-7-24(8-6-23)13(25)26-12(14(17,18)19)15(20,21)22/h1-4,12H,5-9H2. The molecule has 146 valence electrons. The summed E-state index contributed by atoms with van der Waals surface area (Å²) in [6, 6.07) is 7.03. The fourth-order valence-corrected chi connectivity index (χ4v) is 2.56. The van der Waals surface area contributed by atoms with Gasteiger partial charge < -0.3 is 9.64 Å². The molecule has 1 aromatic rings. The van der Waals surface area contributed by atoms with Crippen LogP contribution in [-0.4, -0.2) is 60.5 Å². The van der Waals surface area contributed by atoms with Crippen LogP contribution in [0, 0.1) is 0 Å². The zero-order valence-electron chi connectivity index (χ0n) is 13.3. The summed E-state index contributed by atoms with van der Waals surface area (Å²) in [5.41, 5.74) is 0.944. The lowest BCUT2D eigenvalue weighted by Gasteiger charge is -2.35. The summed E-state index contributed by atoms with van der Waals surface area (Å²) < 4.78 is 78.3. The second-order valence-electron chi connectivity index (χ2n) is 5.74. The second-order valence-corrected chi connectivity index (χ2v) is 6.17. The smallest absolute Gasteiger partial charge is 0.426 e. The van der Waals surface area contributed by atoms with Gasteiger partial charge in [-0.25, -0.2) is 4.79 Å². The van der Waals surface area contributed by atoms with Crippen molar-refractivity contribution in [2.24, 2.45) is 0 Å². The fourth-order valence-electron chi connectivity index (χ4n) is 2.43. The SMILES string of the molecule is O=C(OC(C(F)(F)F)C(F)(F)F)N1CCN(Cc2ccc(Cl)cc2)CC1. The number of ether oxygens (including phenoxy) is 1. The summed E-state index contributed by atoms with van der Waals surface area (Å²) in [6.07, 6.45) is -17.2. The van der Waals surface area contributed by atoms with E-state index in [1.54, 1.807) is 24.3 Å². The van der Waals surface area contributed by atoms with Crippen molar-refractivity contribution in [2.45, 2.75) is 25.0 Å². The largest absolute Gasteiger partial charge is 0.434 e. The molecule has 1 aromatic carbocycles. The Balaban J connectivity index is 1.88. The van der Waals surface area contributed by atoms with Crippen LogP contribution in [0.15, 0.2) is 24.3 Å². The highest BCUT2D eigenvalue weighted by molar-refractivity contribution is 6.30. The molecule has 0 N–H and O–H groups in total. The molecule has 2 rings (SSSR count). The Bertz CT molecular complexity index is 598. The van der Waals surface area contributed by atoms with Crippen LogP contribution in [-0.2, 0) is 11.3 Å². The number of hydrogen-bond donors (Lipinski definition) is 0. The maximum Gasteiger partial charge on any atom is 0.434 e. The van der Waals surface area contributed by atoms with Crippen LogP contribution in [0.25, 0.3) is 0 Å². The zero-order valence-corrected chi connectivity index (χ0v) is 14.0. The minimum absolute atomic E-state index is 0.0329. The number of halogens is 7. The van der Waals surface area contributed by atoms with Crippen molar-refractivity contribution >= 4 is 17.7 Å². The van der Waals surface area contributed by atoms with Crippen LogP contribution in [0.2, 0.25) is 5.02 Å². The van der Waals surface area contributed by atoms with Crippen molar-refractivity contribution in [2.75, 3.05) is 26.2 Å². The molecule has 0 atom stereocenters. The zero-order chi connectivity index (χ0) is 19.5. The molecule has 1 heterocycles. The van der Waals surface area contributed by atoms with E-state index in [4.69, 9.17) is 11.6 Å². The average molecular weight is 405 g/mol. The number of carbonyl (C=O) groups is 1. The van der Waals surface area contributed by atoms with E-state index in [-0.39, 0.29) is 13.1 Å². The van der Waals surface area contributed by atoms with Crippen LogP contribution in [0.3, 0.4) is 0 Å². The van der Waals surface area contributed by atoms with Gasteiger partial charge in [-0.3, -0.25) is 4.90 Å². The van der Waals surface area contributed by atoms with Crippen molar-refractivity contribution in [3.63, 3.8) is 0 Å². The van der Waals surface area contributed by atoms with E-state index in [9.17, 15) is 31.1 Å². The first-order valence-corrected chi connectivity index (χ1v) is 7.90. The monoisotopic (exact) mass is 404 g/mol. The van der Waals surface area contributed by atoms with Gasteiger partial charge in [0.2, 0.25) is 0 Å². The number of piperazine rings is 1. The van der Waals surface area contributed by atoms with Crippen LogP contribution in [0.1, 0.15) is 5.56 Å². The van der Waals surface area contributed by atoms with Gasteiger partial charge in [0.25, 0.3) is 6.10 Å². The van der Waals surface area contributed by atoms with E-state index >= 15 is 0 Å². The van der Waals surface area contributed by atoms with Crippen LogP contribution in [0.4, 0.5) is 31.1 Å². The second kappa shape index (κ2) is 7.91. The predicted molar refractivity (Wildman–Crippen MR) is 80.7 cm³/mol. The number of alkyl halides is 6. The van der Waals surface area contributed by atoms with Crippen LogP contribution >= 0.6 is 11.6 Å². The van der Waals surface area contributed by atoms with Crippen molar-refractivity contribution in [1.29, 1.82) is 0 Å². The summed E-state index contributed by atoms with van der Waals surface area (Å²) in [5, 5.41) is 0.574. The summed E-state index contributed by atoms with van der Waals surface area (Å²) in [6.45, 7) is 1.04. The minimum Gasteiger partial charge on any atom is -0.426 e. The minimum atomic E-state index is -5.72. The molecule has 0 saturated carbocycles. The first-order valence-electron chi connectivity index (χ1n) is 7.52. The Labute approximate surface area is 150 Å². The molecule has 4 nitrogen and oxygen atoms in total. The summed E-state index contributed by atoms with van der Waals surface area (Å²) >= 11 is 5.78. The molecular formula is C15H15ClF6N2O2. The lowest BCUT2D eigenvalue weighted by molar-refractivity contribution is -0.308. The molecule has 0 bridgehead atoms. The molecule has 26 heavy (non-hydrogen) atoms. The predicted octanol–water partition coefficient (Wildman–Crippen LogP) is 4.09. The third kappa shape index (κ3) is 5.66. The summed E-state index contributed by atoms with van der Waals surface area (Å²) in [4.78, 5) is 14.4. The normalized spacial score (nSPS) is 16.8. The Morgan fingerprint density at radius 2 is 1.50 bits per heavy atom. The molecule has 1 aliphatic heterocycles. The fraction of sp³-hybridized carbons (Fsp3) is 0.533. The molecule has 1 fully saturated rings. The van der Waals surface area contributed by atoms with E-state index < -0.39 is 24.5 Å². The first-order chi connectivity index (χ1) is 12.0. The number of hydrogen-bond acceptors (Lipinski definition) is 3. The maximum atomic E-state index is 12.4. The van der Waals surface area contributed by atoms with Crippen LogP contribution in [0.5, 0.6) is 0 Å². The van der Waals surface area contributed by atoms with E-state index in [0.717, 1.165) is 10.5 Å². The molecular weight excluding hydrogens is 390 g/mol. The molecule has 1 amide bonds. The van der Waals surface area contributed by atoms with Crippen LogP contribution < -0.4 is 0 Å². The quantitative estimate of drug-likeness (QED) is 0.711. The summed E-state index contributed by atoms with van der Waals surface area (Å²) in [5.74, 6) is 0. The molecule has 11 heteroatoms. The lowest BCUT2D eigenvalue weighted by Crippen LogP contribution is -2.52. The van der Waals surface area contributed by atoms with E-state index in [0.29, 0.717) is 24.7 Å². The van der Waals surface area contributed by atoms with E-state index in [2.05, 4.69) is 4.74 Å². The van der Waals surface area contributed by atoms with Gasteiger partial charge in [0.15, 0.2) is 0 Å². The lowest BCUT2D eigenvalue weighted by atomic mass is 10.2. The highest BCUT2D eigenvalue weighted by atomic mass is 35.5. The van der Waals surface area contributed by atoms with Gasteiger partial charge in [0.1, 0.15) is 0 Å². The van der Waals surface area contributed by atoms with Gasteiger partial charge in [-0.1, -0.05) is 23.7 Å². The van der Waals surface area contributed by atoms with Gasteiger partial charge in [-0.2, -0.15) is 26.3 Å². The Morgan fingerprint density at radius 3 is 1.96 bits per heavy atom. The van der Waals surface area contributed by atoms with Gasteiger partial charge in [-0.15, -0.1) is 0 Å². The molecule has 0 spiro atoms. The Hall–Kier alpha value is -1.68.